The number of hydrogen-bond acceptors (Lipinski definition) is 4. The van der Waals surface area contributed by atoms with Crippen LogP contribution in [0.1, 0.15) is 42.3 Å². The number of aliphatic hydroxyl groups is 1. The smallest absolute Gasteiger partial charge is 0.319 e. The molecule has 0 bridgehead atoms. The molecule has 2 rings (SSSR count). The van der Waals surface area contributed by atoms with Crippen molar-refractivity contribution in [3.05, 3.63) is 45.9 Å². The van der Waals surface area contributed by atoms with Crippen LogP contribution in [0.5, 0.6) is 0 Å². The topological polar surface area (TPSA) is 74.2 Å². The number of rotatable bonds is 4. The third kappa shape index (κ3) is 4.27. The van der Waals surface area contributed by atoms with Gasteiger partial charge in [-0.1, -0.05) is 12.1 Å². The molecule has 3 N–H and O–H groups in total. The first-order valence-corrected chi connectivity index (χ1v) is 7.61. The van der Waals surface area contributed by atoms with Gasteiger partial charge in [-0.2, -0.15) is 0 Å². The average Bonchev–Trinajstić information content (AvgIpc) is 2.86. The number of hydrogen-bond donors (Lipinski definition) is 3. The number of nitrogens with one attached hydrogen (secondary N) is 2. The number of anilines is 1. The molecule has 0 aliphatic rings. The fraction of sp³-hybridized carbons (Fsp3) is 0.333. The quantitative estimate of drug-likeness (QED) is 0.810. The summed E-state index contributed by atoms with van der Waals surface area (Å²) in [6.45, 7) is 5.53. The van der Waals surface area contributed by atoms with Gasteiger partial charge in [0, 0.05) is 16.8 Å². The zero-order valence-electron chi connectivity index (χ0n) is 12.3. The minimum atomic E-state index is -0.513. The van der Waals surface area contributed by atoms with Crippen molar-refractivity contribution >= 4 is 23.1 Å². The van der Waals surface area contributed by atoms with E-state index < -0.39 is 6.10 Å². The number of carbonyl (C=O) groups is 1. The predicted molar refractivity (Wildman–Crippen MR) is 84.5 cm³/mol. The molecule has 5 nitrogen and oxygen atoms in total. The van der Waals surface area contributed by atoms with E-state index >= 15 is 0 Å². The molecule has 6 heteroatoms. The highest BCUT2D eigenvalue weighted by Crippen LogP contribution is 2.18. The molecule has 21 heavy (non-hydrogen) atoms. The van der Waals surface area contributed by atoms with Crippen LogP contribution < -0.4 is 10.6 Å². The summed E-state index contributed by atoms with van der Waals surface area (Å²) in [5.74, 6) is 0. The second kappa shape index (κ2) is 6.69. The largest absolute Gasteiger partial charge is 0.389 e. The van der Waals surface area contributed by atoms with Gasteiger partial charge in [-0.05, 0) is 38.5 Å². The maximum atomic E-state index is 11.9. The van der Waals surface area contributed by atoms with Gasteiger partial charge in [0.2, 0.25) is 0 Å². The van der Waals surface area contributed by atoms with E-state index in [1.165, 1.54) is 11.3 Å². The lowest BCUT2D eigenvalue weighted by atomic mass is 10.1. The highest BCUT2D eigenvalue weighted by molar-refractivity contribution is 7.09. The first kappa shape index (κ1) is 15.5. The molecule has 1 heterocycles. The molecule has 0 fully saturated rings. The third-order valence-electron chi connectivity index (χ3n) is 3.01. The lowest BCUT2D eigenvalue weighted by molar-refractivity contribution is 0.199. The van der Waals surface area contributed by atoms with Gasteiger partial charge in [-0.15, -0.1) is 11.3 Å². The van der Waals surface area contributed by atoms with Gasteiger partial charge in [0.05, 0.1) is 12.1 Å². The molecule has 0 radical (unpaired) electrons. The van der Waals surface area contributed by atoms with Gasteiger partial charge >= 0.3 is 6.03 Å². The zero-order chi connectivity index (χ0) is 15.4. The lowest BCUT2D eigenvalue weighted by Crippen LogP contribution is -2.31. The summed E-state index contributed by atoms with van der Waals surface area (Å²) in [7, 11) is 0. The molecule has 2 aromatic rings. The van der Waals surface area contributed by atoms with Gasteiger partial charge in [0.25, 0.3) is 0 Å². The maximum absolute atomic E-state index is 11.9. The van der Waals surface area contributed by atoms with E-state index in [2.05, 4.69) is 15.6 Å². The van der Waals surface area contributed by atoms with Crippen molar-refractivity contribution < 1.29 is 9.90 Å². The van der Waals surface area contributed by atoms with E-state index in [-0.39, 0.29) is 12.1 Å². The van der Waals surface area contributed by atoms with E-state index in [1.807, 2.05) is 19.2 Å². The number of aromatic nitrogens is 1. The molecular formula is C15H19N3O2S. The van der Waals surface area contributed by atoms with Crippen LogP contribution in [-0.2, 0) is 0 Å². The van der Waals surface area contributed by atoms with Gasteiger partial charge in [-0.3, -0.25) is 0 Å². The van der Waals surface area contributed by atoms with Crippen LogP contribution in [0.2, 0.25) is 0 Å². The average molecular weight is 305 g/mol. The van der Waals surface area contributed by atoms with Crippen LogP contribution >= 0.6 is 11.3 Å². The first-order chi connectivity index (χ1) is 9.95. The van der Waals surface area contributed by atoms with Crippen molar-refractivity contribution in [1.82, 2.24) is 10.3 Å². The van der Waals surface area contributed by atoms with Gasteiger partial charge in [0.15, 0.2) is 0 Å². The van der Waals surface area contributed by atoms with E-state index in [1.54, 1.807) is 31.2 Å². The Hall–Kier alpha value is -1.92. The number of urea groups is 1. The van der Waals surface area contributed by atoms with E-state index in [4.69, 9.17) is 0 Å². The normalized spacial score (nSPS) is 13.5. The van der Waals surface area contributed by atoms with Crippen LogP contribution in [0.15, 0.2) is 29.6 Å². The second-order valence-corrected chi connectivity index (χ2v) is 5.83. The molecule has 0 aliphatic carbocycles. The molecule has 1 aromatic carbocycles. The molecule has 0 saturated carbocycles. The fourth-order valence-electron chi connectivity index (χ4n) is 1.84. The first-order valence-electron chi connectivity index (χ1n) is 6.73. The number of carbonyl (C=O) groups excluding carboxylic acids is 1. The molecule has 0 saturated heterocycles. The van der Waals surface area contributed by atoms with Crippen molar-refractivity contribution in [3.8, 4) is 0 Å². The summed E-state index contributed by atoms with van der Waals surface area (Å²) in [5, 5.41) is 17.9. The van der Waals surface area contributed by atoms with Crippen LogP contribution in [-0.4, -0.2) is 16.1 Å². The van der Waals surface area contributed by atoms with Crippen LogP contribution in [0.25, 0.3) is 0 Å². The van der Waals surface area contributed by atoms with Gasteiger partial charge < -0.3 is 15.7 Å². The maximum Gasteiger partial charge on any atom is 0.319 e. The molecule has 2 unspecified atom stereocenters. The van der Waals surface area contributed by atoms with Crippen molar-refractivity contribution in [1.29, 1.82) is 0 Å². The molecule has 0 aliphatic heterocycles. The molecule has 2 amide bonds. The highest BCUT2D eigenvalue weighted by atomic mass is 32.1. The van der Waals surface area contributed by atoms with Crippen molar-refractivity contribution in [2.75, 3.05) is 5.32 Å². The van der Waals surface area contributed by atoms with Crippen molar-refractivity contribution in [2.45, 2.75) is 32.9 Å². The van der Waals surface area contributed by atoms with Crippen molar-refractivity contribution in [2.24, 2.45) is 0 Å². The zero-order valence-corrected chi connectivity index (χ0v) is 13.1. The predicted octanol–water partition coefficient (Wildman–Crippen LogP) is 3.39. The van der Waals surface area contributed by atoms with E-state index in [0.717, 1.165) is 16.3 Å². The van der Waals surface area contributed by atoms with E-state index in [9.17, 15) is 9.90 Å². The summed E-state index contributed by atoms with van der Waals surface area (Å²) >= 11 is 1.53. The fourth-order valence-corrected chi connectivity index (χ4v) is 2.65. The summed E-state index contributed by atoms with van der Waals surface area (Å²) in [6, 6.07) is 6.68. The Morgan fingerprint density at radius 3 is 2.48 bits per heavy atom. The Morgan fingerprint density at radius 1 is 1.29 bits per heavy atom. The van der Waals surface area contributed by atoms with Crippen LogP contribution in [0, 0.1) is 6.92 Å². The van der Waals surface area contributed by atoms with Gasteiger partial charge in [-0.25, -0.2) is 9.78 Å². The molecular weight excluding hydrogens is 286 g/mol. The van der Waals surface area contributed by atoms with Crippen LogP contribution in [0.4, 0.5) is 10.5 Å². The number of thiazole rings is 1. The standard InChI is InChI=1S/C15H19N3O2S/c1-9-8-21-14(16-9)10(2)17-15(20)18-13-6-4-12(5-7-13)11(3)19/h4-8,10-11,19H,1-3H3,(H2,17,18,20). The monoisotopic (exact) mass is 305 g/mol. The number of aryl methyl sites for hydroxylation is 1. The van der Waals surface area contributed by atoms with Crippen LogP contribution in [0.3, 0.4) is 0 Å². The number of benzene rings is 1. The summed E-state index contributed by atoms with van der Waals surface area (Å²) in [6.07, 6.45) is -0.513. The van der Waals surface area contributed by atoms with Gasteiger partial charge in [0.1, 0.15) is 5.01 Å². The Labute approximate surface area is 128 Å². The molecule has 112 valence electrons. The number of nitrogens with zero attached hydrogens (tertiary/aromatic N) is 1. The highest BCUT2D eigenvalue weighted by Gasteiger charge is 2.12. The summed E-state index contributed by atoms with van der Waals surface area (Å²) in [4.78, 5) is 16.3. The number of aliphatic hydroxyl groups excluding tert-OH is 1. The van der Waals surface area contributed by atoms with E-state index in [0.29, 0.717) is 5.69 Å². The SMILES string of the molecule is Cc1csc(C(C)NC(=O)Nc2ccc(C(C)O)cc2)n1. The molecule has 1 aromatic heterocycles. The molecule has 2 atom stereocenters. The molecule has 0 spiro atoms. The Bertz CT molecular complexity index is 608. The second-order valence-electron chi connectivity index (χ2n) is 4.95. The summed E-state index contributed by atoms with van der Waals surface area (Å²) in [5.41, 5.74) is 2.45. The van der Waals surface area contributed by atoms with Crippen molar-refractivity contribution in [3.63, 3.8) is 0 Å². The third-order valence-corrected chi connectivity index (χ3v) is 4.15. The summed E-state index contributed by atoms with van der Waals surface area (Å²) < 4.78 is 0. The Kier molecular flexibility index (Phi) is 4.93. The Balaban J connectivity index is 1.92. The Morgan fingerprint density at radius 2 is 1.95 bits per heavy atom. The lowest BCUT2D eigenvalue weighted by Gasteiger charge is -2.13. The minimum Gasteiger partial charge on any atom is -0.389 e. The minimum absolute atomic E-state index is 0.138. The number of amides is 2.